The van der Waals surface area contributed by atoms with Gasteiger partial charge in [-0.2, -0.15) is 0 Å². The lowest BCUT2D eigenvalue weighted by Crippen LogP contribution is -2.22. The molecule has 0 atom stereocenters. The molecule has 0 fully saturated rings. The first-order valence-corrected chi connectivity index (χ1v) is 44.1. The lowest BCUT2D eigenvalue weighted by Gasteiger charge is -2.18. The van der Waals surface area contributed by atoms with Gasteiger partial charge in [0.25, 0.3) is 28.7 Å². The Morgan fingerprint density at radius 2 is 1.22 bits per heavy atom. The number of carbonyl (C=O) groups excluding carboxylic acids is 6. The predicted molar refractivity (Wildman–Crippen MR) is 518 cm³/mol. The minimum Gasteiger partial charge on any atom is -0.497 e. The number of halogens is 1. The molecule has 29 heteroatoms. The summed E-state index contributed by atoms with van der Waals surface area (Å²) in [6.07, 6.45) is 8.71. The number of H-pyrrole nitrogens is 6. The zero-order valence-corrected chi connectivity index (χ0v) is 75.3. The number of para-hydroxylation sites is 3. The number of nitrogens with one attached hydrogen (secondary N) is 10. The number of imidazole rings is 1. The van der Waals surface area contributed by atoms with E-state index >= 15 is 0 Å². The molecule has 0 spiro atoms. The van der Waals surface area contributed by atoms with Gasteiger partial charge < -0.3 is 64.5 Å². The van der Waals surface area contributed by atoms with Crippen LogP contribution in [0.4, 0.5) is 38.2 Å². The van der Waals surface area contributed by atoms with E-state index in [1.54, 1.807) is 119 Å². The molecule has 27 nitrogen and oxygen atoms in total. The van der Waals surface area contributed by atoms with Crippen molar-refractivity contribution in [1.29, 1.82) is 0 Å². The van der Waals surface area contributed by atoms with Gasteiger partial charge in [-0.25, -0.2) is 14.4 Å². The number of aromatic amines is 6. The van der Waals surface area contributed by atoms with E-state index in [1.807, 2.05) is 189 Å². The van der Waals surface area contributed by atoms with Crippen LogP contribution in [0.1, 0.15) is 130 Å². The first kappa shape index (κ1) is 95.0. The van der Waals surface area contributed by atoms with Crippen molar-refractivity contribution in [3.05, 3.63) is 407 Å². The van der Waals surface area contributed by atoms with Crippen LogP contribution in [0.5, 0.6) is 28.7 Å². The van der Waals surface area contributed by atoms with Crippen molar-refractivity contribution in [3.63, 3.8) is 0 Å². The van der Waals surface area contributed by atoms with E-state index in [2.05, 4.69) is 85.6 Å². The summed E-state index contributed by atoms with van der Waals surface area (Å²) in [5.74, 6) is 1.40. The molecule has 1 aliphatic rings. The molecule has 0 unspecified atom stereocenters. The summed E-state index contributed by atoms with van der Waals surface area (Å²) in [4.78, 5) is 117. The van der Waals surface area contributed by atoms with Crippen LogP contribution in [-0.2, 0) is 51.6 Å². The largest absolute Gasteiger partial charge is 0.497 e. The second kappa shape index (κ2) is 47.7. The molecule has 11 aromatic carbocycles. The van der Waals surface area contributed by atoms with Gasteiger partial charge in [0.15, 0.2) is 34.8 Å². The van der Waals surface area contributed by atoms with Crippen LogP contribution in [0, 0.1) is 26.6 Å². The number of esters is 1. The summed E-state index contributed by atoms with van der Waals surface area (Å²) >= 11 is 1.27. The monoisotopic (exact) mass is 1820 g/mol. The standard InChI is InChI=1S/C26H27FO2.C24H20N2O4.C23H24N4O4.C19H20N4O2.C13H9N3O2S/c1-2-20-12-17-24(18-13-20)29-19-5-8-26(28)25-7-4-3-6-22(25)14-9-21-10-15-23(27)16-11-21;1-29-18-10-12-19(13-11-18)30-15-24(28)25-17-8-6-16(7-9-17)22-14-23(27)20-4-2-3-5-21(20)26-22;1-13-19(22(28)26-24-13)21(20-14(2)25-27-23(20)29)16-9-10-17(18(11-16)30-3)31-12-15-7-5-4-6-8-15;1-14-7-9-15(10-8-14)20-12-18(24)25-13-17-11-21-19(23-17)22-16-5-3-2-4-6-16;17-11(12(18)16-13-14-5-6-19-13)9-7-15-10-4-2-1-3-8(9)10/h3-4,6-7,10-13,15-18H,2,5,8-9,14,19H2,1H3;2-13H,14-15H2,1H3,(H,25,28);4-11,21H,12H2,1-3H3,(H2,24,26,28)(H2,25,27,29);2-11,20H,12-13H2,1H3,(H2,21,22,23);1-7,15H,(H,14,16,18). The molecule has 0 saturated carbocycles. The second-order valence-corrected chi connectivity index (χ2v) is 31.7. The first-order valence-electron chi connectivity index (χ1n) is 43.2. The fraction of sp³-hybridized carbons (Fsp3) is 0.171. The maximum atomic E-state index is 13.1. The normalized spacial score (nSPS) is 11.1. The molecule has 0 saturated heterocycles. The molecular weight excluding hydrogens is 1720 g/mol. The lowest BCUT2D eigenvalue weighted by atomic mass is 9.85. The van der Waals surface area contributed by atoms with E-state index in [9.17, 15) is 42.7 Å². The molecule has 1 aliphatic heterocycles. The number of aromatic nitrogens is 8. The molecule has 6 heterocycles. The third-order valence-corrected chi connectivity index (χ3v) is 22.1. The average molecular weight is 1820 g/mol. The molecular formula is C105H100FN13O14S. The number of aliphatic imine (C=N–C) groups is 1. The Morgan fingerprint density at radius 1 is 0.567 bits per heavy atom. The highest BCUT2D eigenvalue weighted by atomic mass is 32.1. The van der Waals surface area contributed by atoms with E-state index < -0.39 is 17.6 Å². The van der Waals surface area contributed by atoms with Gasteiger partial charge in [0.2, 0.25) is 5.95 Å². The summed E-state index contributed by atoms with van der Waals surface area (Å²) in [7, 11) is 3.15. The van der Waals surface area contributed by atoms with E-state index in [0.29, 0.717) is 99.4 Å². The highest BCUT2D eigenvalue weighted by molar-refractivity contribution is 7.13. The highest BCUT2D eigenvalue weighted by Crippen LogP contribution is 2.38. The Labute approximate surface area is 776 Å². The number of benzene rings is 11. The van der Waals surface area contributed by atoms with Gasteiger partial charge in [-0.05, 0) is 195 Å². The number of hydrogen-bond donors (Lipinski definition) is 10. The van der Waals surface area contributed by atoms with Crippen molar-refractivity contribution in [1.82, 2.24) is 40.3 Å². The zero-order valence-electron chi connectivity index (χ0n) is 74.5. The SMILES string of the molecule is CCc1ccc(OCCCC(=O)c2ccccc2CCc2ccc(F)cc2)cc1.COc1cc(C(c2c(C)[nH][nH]c2=O)c2c(C)[nH][nH]c2=O)ccc1OCc1ccccc1.COc1ccc(OCC(=O)Nc2ccc(C3=Nc4ccccc4C(=O)C3)cc2)cc1.Cc1ccc(NCC(=O)OCc2cnc(Nc3ccccc3)[nH]2)cc1.O=C(Nc1nccs1)C(=O)c1c[nH]c2ccccc12. The number of fused-ring (bicyclic) bond motifs is 2. The summed E-state index contributed by atoms with van der Waals surface area (Å²) in [5.41, 5.74) is 16.2. The van der Waals surface area contributed by atoms with Crippen LogP contribution < -0.4 is 56.1 Å². The van der Waals surface area contributed by atoms with Gasteiger partial charge in [0.1, 0.15) is 42.8 Å². The minimum atomic E-state index is -0.681. The van der Waals surface area contributed by atoms with Crippen LogP contribution >= 0.6 is 11.3 Å². The van der Waals surface area contributed by atoms with Gasteiger partial charge in [-0.15, -0.1) is 11.3 Å². The van der Waals surface area contributed by atoms with Crippen LogP contribution in [0.3, 0.4) is 0 Å². The molecule has 0 radical (unpaired) electrons. The van der Waals surface area contributed by atoms with Crippen molar-refractivity contribution in [3.8, 4) is 28.7 Å². The molecule has 10 N–H and O–H groups in total. The van der Waals surface area contributed by atoms with Crippen LogP contribution in [-0.4, -0.2) is 115 Å². The third kappa shape index (κ3) is 27.0. The number of ketones is 3. The number of thiazole rings is 1. The summed E-state index contributed by atoms with van der Waals surface area (Å²) in [6.45, 7) is 8.82. The number of rotatable bonds is 33. The summed E-state index contributed by atoms with van der Waals surface area (Å²) < 4.78 is 46.1. The lowest BCUT2D eigenvalue weighted by molar-refractivity contribution is -0.142. The number of hydrogen-bond acceptors (Lipinski definition) is 20. The minimum absolute atomic E-state index is 0.0589. The number of carbonyl (C=O) groups is 6. The average Bonchev–Trinajstić information content (AvgIpc) is 1.54. The number of nitrogens with zero attached hydrogens (tertiary/aromatic N) is 3. The van der Waals surface area contributed by atoms with Crippen molar-refractivity contribution in [2.75, 3.05) is 55.2 Å². The van der Waals surface area contributed by atoms with Crippen molar-refractivity contribution >= 4 is 96.9 Å². The highest BCUT2D eigenvalue weighted by Gasteiger charge is 2.30. The van der Waals surface area contributed by atoms with Crippen molar-refractivity contribution in [2.45, 2.75) is 85.4 Å². The molecule has 682 valence electrons. The Kier molecular flexibility index (Phi) is 33.8. The third-order valence-electron chi connectivity index (χ3n) is 21.4. The van der Waals surface area contributed by atoms with Crippen LogP contribution in [0.25, 0.3) is 10.9 Å². The number of amides is 2. The van der Waals surface area contributed by atoms with E-state index in [-0.39, 0.29) is 66.6 Å². The van der Waals surface area contributed by atoms with Gasteiger partial charge in [-0.3, -0.25) is 58.9 Å². The number of methoxy groups -OCH3 is 2. The molecule has 17 rings (SSSR count). The second-order valence-electron chi connectivity index (χ2n) is 30.8. The van der Waals surface area contributed by atoms with Gasteiger partial charge in [0.05, 0.1) is 67.2 Å². The van der Waals surface area contributed by atoms with Crippen molar-refractivity contribution in [2.24, 2.45) is 4.99 Å². The Bertz CT molecular complexity index is 6700. The fourth-order valence-electron chi connectivity index (χ4n) is 14.3. The molecule has 0 bridgehead atoms. The van der Waals surface area contributed by atoms with Crippen LogP contribution in [0.15, 0.2) is 312 Å². The van der Waals surface area contributed by atoms with Crippen LogP contribution in [0.2, 0.25) is 0 Å². The number of ether oxygens (including phenoxy) is 6. The smallest absolute Gasteiger partial charge is 0.325 e. The van der Waals surface area contributed by atoms with Gasteiger partial charge in [0, 0.05) is 80.6 Å². The fourth-order valence-corrected chi connectivity index (χ4v) is 14.8. The van der Waals surface area contributed by atoms with E-state index in [1.165, 1.54) is 34.6 Å². The first-order chi connectivity index (χ1) is 65.2. The maximum Gasteiger partial charge on any atom is 0.325 e. The quantitative estimate of drug-likeness (QED) is 0.00790. The Hall–Kier alpha value is -16.6. The Morgan fingerprint density at radius 3 is 1.90 bits per heavy atom. The molecule has 5 aromatic heterocycles. The van der Waals surface area contributed by atoms with E-state index in [0.717, 1.165) is 97.8 Å². The number of anilines is 5. The summed E-state index contributed by atoms with van der Waals surface area (Å²) in [5, 5.41) is 25.2. The zero-order chi connectivity index (χ0) is 94.1. The molecule has 2 amide bonds. The predicted octanol–water partition coefficient (Wildman–Crippen LogP) is 19.8. The van der Waals surface area contributed by atoms with Gasteiger partial charge in [-0.1, -0.05) is 170 Å². The summed E-state index contributed by atoms with van der Waals surface area (Å²) in [6, 6.07) is 84.2. The topological polar surface area (TPSA) is 373 Å². The Balaban J connectivity index is 0.000000143. The number of Topliss-reactive ketones (excluding diaryl/α,β-unsaturated/α-hetero) is 3. The molecule has 134 heavy (non-hydrogen) atoms. The van der Waals surface area contributed by atoms with Crippen molar-refractivity contribution < 1.29 is 61.6 Å². The van der Waals surface area contributed by atoms with Gasteiger partial charge >= 0.3 is 5.97 Å². The van der Waals surface area contributed by atoms with E-state index in [4.69, 9.17) is 28.4 Å². The number of aryl methyl sites for hydroxylation is 6. The molecule has 16 aromatic rings. The molecule has 0 aliphatic carbocycles. The maximum absolute atomic E-state index is 13.1.